The van der Waals surface area contributed by atoms with Crippen molar-refractivity contribution in [2.75, 3.05) is 11.9 Å². The first kappa shape index (κ1) is 16.6. The topological polar surface area (TPSA) is 63.8 Å². The van der Waals surface area contributed by atoms with Crippen molar-refractivity contribution in [3.8, 4) is 11.3 Å². The van der Waals surface area contributed by atoms with Crippen LogP contribution in [0, 0.1) is 0 Å². The number of halogens is 1. The molecule has 0 saturated carbocycles. The lowest BCUT2D eigenvalue weighted by Gasteiger charge is -2.13. The lowest BCUT2D eigenvalue weighted by molar-refractivity contribution is 0.674. The van der Waals surface area contributed by atoms with Gasteiger partial charge in [0, 0.05) is 35.0 Å². The number of rotatable bonds is 6. The van der Waals surface area contributed by atoms with Gasteiger partial charge in [0.25, 0.3) is 0 Å². The van der Waals surface area contributed by atoms with Crippen LogP contribution in [-0.4, -0.2) is 16.5 Å². The predicted molar refractivity (Wildman–Crippen MR) is 102 cm³/mol. The van der Waals surface area contributed by atoms with Crippen molar-refractivity contribution in [1.29, 1.82) is 0 Å². The van der Waals surface area contributed by atoms with Gasteiger partial charge in [0.2, 0.25) is 0 Å². The monoisotopic (exact) mass is 382 g/mol. The molecule has 0 unspecified atom stereocenters. The van der Waals surface area contributed by atoms with E-state index in [0.29, 0.717) is 0 Å². The van der Waals surface area contributed by atoms with Crippen molar-refractivity contribution < 1.29 is 0 Å². The number of nitrogens with one attached hydrogen (secondary N) is 1. The Kier molecular flexibility index (Phi) is 5.56. The molecule has 0 aliphatic heterocycles. The fourth-order valence-corrected chi connectivity index (χ4v) is 2.93. The SMILES string of the molecule is N[C@@H](CCNc1ccc(Br)c(-c2ccncc2)n1)c1ccccc1. The molecular formula is C19H19BrN4. The minimum atomic E-state index is 0.0221. The Morgan fingerprint density at radius 1 is 1.00 bits per heavy atom. The molecule has 1 atom stereocenters. The first-order valence-corrected chi connectivity index (χ1v) is 8.64. The maximum absolute atomic E-state index is 6.23. The maximum atomic E-state index is 6.23. The molecule has 24 heavy (non-hydrogen) atoms. The Labute approximate surface area is 150 Å². The number of pyridine rings is 2. The molecule has 3 aromatic rings. The van der Waals surface area contributed by atoms with Gasteiger partial charge in [-0.3, -0.25) is 4.98 Å². The first-order valence-electron chi connectivity index (χ1n) is 7.85. The Hall–Kier alpha value is -2.24. The highest BCUT2D eigenvalue weighted by molar-refractivity contribution is 9.10. The van der Waals surface area contributed by atoms with E-state index in [1.54, 1.807) is 12.4 Å². The standard InChI is InChI=1S/C19H19BrN4/c20-16-6-7-18(24-19(16)15-8-11-22-12-9-15)23-13-10-17(21)14-4-2-1-3-5-14/h1-9,11-12,17H,10,13,21H2,(H,23,24)/t17-/m0/s1. The fraction of sp³-hybridized carbons (Fsp3) is 0.158. The van der Waals surface area contributed by atoms with Gasteiger partial charge in [-0.1, -0.05) is 30.3 Å². The number of anilines is 1. The highest BCUT2D eigenvalue weighted by Gasteiger charge is 2.08. The number of nitrogens with two attached hydrogens (primary N) is 1. The highest BCUT2D eigenvalue weighted by atomic mass is 79.9. The second-order valence-corrected chi connectivity index (χ2v) is 6.35. The second kappa shape index (κ2) is 8.04. The van der Waals surface area contributed by atoms with Crippen LogP contribution in [0.3, 0.4) is 0 Å². The summed E-state index contributed by atoms with van der Waals surface area (Å²) in [6.45, 7) is 0.764. The molecule has 0 aliphatic rings. The number of benzene rings is 1. The molecule has 2 heterocycles. The van der Waals surface area contributed by atoms with Gasteiger partial charge in [0.15, 0.2) is 0 Å². The lowest BCUT2D eigenvalue weighted by Crippen LogP contribution is -2.15. The zero-order chi connectivity index (χ0) is 16.8. The van der Waals surface area contributed by atoms with Crippen LogP contribution in [0.2, 0.25) is 0 Å². The van der Waals surface area contributed by atoms with Crippen molar-refractivity contribution in [3.05, 3.63) is 77.0 Å². The fourth-order valence-electron chi connectivity index (χ4n) is 2.48. The molecule has 0 aliphatic carbocycles. The van der Waals surface area contributed by atoms with E-state index in [0.717, 1.165) is 40.1 Å². The number of nitrogens with zero attached hydrogens (tertiary/aromatic N) is 2. The van der Waals surface area contributed by atoms with Crippen LogP contribution in [0.5, 0.6) is 0 Å². The minimum absolute atomic E-state index is 0.0221. The average molecular weight is 383 g/mol. The van der Waals surface area contributed by atoms with Crippen LogP contribution in [0.1, 0.15) is 18.0 Å². The Balaban J connectivity index is 1.64. The van der Waals surface area contributed by atoms with Crippen LogP contribution < -0.4 is 11.1 Å². The molecule has 5 heteroatoms. The third kappa shape index (κ3) is 4.19. The lowest BCUT2D eigenvalue weighted by atomic mass is 10.1. The molecule has 2 aromatic heterocycles. The van der Waals surface area contributed by atoms with Crippen LogP contribution >= 0.6 is 15.9 Å². The Morgan fingerprint density at radius 3 is 2.50 bits per heavy atom. The van der Waals surface area contributed by atoms with Gasteiger partial charge in [0.05, 0.1) is 5.69 Å². The number of hydrogen-bond acceptors (Lipinski definition) is 4. The summed E-state index contributed by atoms with van der Waals surface area (Å²) in [7, 11) is 0. The van der Waals surface area contributed by atoms with Gasteiger partial charge < -0.3 is 11.1 Å². The average Bonchev–Trinajstić information content (AvgIpc) is 2.64. The first-order chi connectivity index (χ1) is 11.7. The summed E-state index contributed by atoms with van der Waals surface area (Å²) in [5.74, 6) is 0.838. The van der Waals surface area contributed by atoms with Crippen LogP contribution in [0.15, 0.2) is 71.5 Å². The molecule has 0 bridgehead atoms. The van der Waals surface area contributed by atoms with Crippen molar-refractivity contribution in [2.24, 2.45) is 5.73 Å². The summed E-state index contributed by atoms with van der Waals surface area (Å²) < 4.78 is 0.959. The summed E-state index contributed by atoms with van der Waals surface area (Å²) >= 11 is 3.56. The molecule has 3 rings (SSSR count). The molecule has 4 nitrogen and oxygen atoms in total. The molecule has 0 radical (unpaired) electrons. The molecule has 3 N–H and O–H groups in total. The van der Waals surface area contributed by atoms with E-state index in [9.17, 15) is 0 Å². The largest absolute Gasteiger partial charge is 0.370 e. The van der Waals surface area contributed by atoms with E-state index >= 15 is 0 Å². The zero-order valence-electron chi connectivity index (χ0n) is 13.2. The van der Waals surface area contributed by atoms with Gasteiger partial charge in [-0.15, -0.1) is 0 Å². The molecular weight excluding hydrogens is 364 g/mol. The molecule has 0 fully saturated rings. The highest BCUT2D eigenvalue weighted by Crippen LogP contribution is 2.27. The van der Waals surface area contributed by atoms with E-state index in [2.05, 4.69) is 43.3 Å². The zero-order valence-corrected chi connectivity index (χ0v) is 14.8. The van der Waals surface area contributed by atoms with Crippen LogP contribution in [0.25, 0.3) is 11.3 Å². The van der Waals surface area contributed by atoms with E-state index < -0.39 is 0 Å². The van der Waals surface area contributed by atoms with Crippen molar-refractivity contribution in [1.82, 2.24) is 9.97 Å². The third-order valence-electron chi connectivity index (χ3n) is 3.79. The summed E-state index contributed by atoms with van der Waals surface area (Å²) in [4.78, 5) is 8.73. The molecule has 0 amide bonds. The molecule has 122 valence electrons. The second-order valence-electron chi connectivity index (χ2n) is 5.50. The summed E-state index contributed by atoms with van der Waals surface area (Å²) in [5.41, 5.74) is 9.31. The van der Waals surface area contributed by atoms with E-state index in [1.807, 2.05) is 42.5 Å². The van der Waals surface area contributed by atoms with Crippen LogP contribution in [0.4, 0.5) is 5.82 Å². The Morgan fingerprint density at radius 2 is 1.75 bits per heavy atom. The quantitative estimate of drug-likeness (QED) is 0.662. The van der Waals surface area contributed by atoms with Gasteiger partial charge in [-0.25, -0.2) is 4.98 Å². The van der Waals surface area contributed by atoms with Crippen LogP contribution in [-0.2, 0) is 0 Å². The number of aromatic nitrogens is 2. The van der Waals surface area contributed by atoms with E-state index in [-0.39, 0.29) is 6.04 Å². The van der Waals surface area contributed by atoms with E-state index in [1.165, 1.54) is 0 Å². The normalized spacial score (nSPS) is 11.9. The smallest absolute Gasteiger partial charge is 0.126 e. The number of hydrogen-bond donors (Lipinski definition) is 2. The van der Waals surface area contributed by atoms with Gasteiger partial charge in [-0.2, -0.15) is 0 Å². The molecule has 0 saturated heterocycles. The van der Waals surface area contributed by atoms with Gasteiger partial charge in [0.1, 0.15) is 5.82 Å². The van der Waals surface area contributed by atoms with Crippen molar-refractivity contribution >= 4 is 21.7 Å². The summed E-state index contributed by atoms with van der Waals surface area (Å²) in [5, 5.41) is 3.36. The van der Waals surface area contributed by atoms with Gasteiger partial charge in [-0.05, 0) is 52.2 Å². The molecule has 0 spiro atoms. The third-order valence-corrected chi connectivity index (χ3v) is 4.43. The van der Waals surface area contributed by atoms with Crippen molar-refractivity contribution in [2.45, 2.75) is 12.5 Å². The maximum Gasteiger partial charge on any atom is 0.126 e. The minimum Gasteiger partial charge on any atom is -0.370 e. The summed E-state index contributed by atoms with van der Waals surface area (Å²) in [6.07, 6.45) is 4.37. The van der Waals surface area contributed by atoms with E-state index in [4.69, 9.17) is 5.73 Å². The summed E-state index contributed by atoms with van der Waals surface area (Å²) in [6, 6.07) is 18.0. The van der Waals surface area contributed by atoms with Crippen molar-refractivity contribution in [3.63, 3.8) is 0 Å². The van der Waals surface area contributed by atoms with Gasteiger partial charge >= 0.3 is 0 Å². The molecule has 1 aromatic carbocycles. The Bertz CT molecular complexity index is 778. The predicted octanol–water partition coefficient (Wildman–Crippen LogP) is 4.41.